The van der Waals surface area contributed by atoms with E-state index in [1.807, 2.05) is 17.0 Å². The number of aliphatic carboxylic acids is 1. The molecule has 108 valence electrons. The van der Waals surface area contributed by atoms with Gasteiger partial charge in [-0.25, -0.2) is 0 Å². The second-order valence-corrected chi connectivity index (χ2v) is 6.27. The minimum Gasteiger partial charge on any atom is -0.481 e. The molecular formula is C15H18INO3. The lowest BCUT2D eigenvalue weighted by atomic mass is 10.1. The molecule has 0 aromatic heterocycles. The average molecular weight is 387 g/mol. The van der Waals surface area contributed by atoms with E-state index in [1.165, 1.54) is 9.13 Å². The Morgan fingerprint density at radius 2 is 2.10 bits per heavy atom. The molecule has 0 spiro atoms. The van der Waals surface area contributed by atoms with Crippen molar-refractivity contribution in [3.63, 3.8) is 0 Å². The van der Waals surface area contributed by atoms with Crippen LogP contribution in [0.5, 0.6) is 0 Å². The number of aryl methyl sites for hydroxylation is 1. The first kappa shape index (κ1) is 15.3. The van der Waals surface area contributed by atoms with E-state index in [-0.39, 0.29) is 12.3 Å². The van der Waals surface area contributed by atoms with Gasteiger partial charge in [-0.15, -0.1) is 0 Å². The molecule has 4 nitrogen and oxygen atoms in total. The van der Waals surface area contributed by atoms with Gasteiger partial charge in [0, 0.05) is 28.6 Å². The van der Waals surface area contributed by atoms with E-state index in [9.17, 15) is 9.59 Å². The Morgan fingerprint density at radius 3 is 2.85 bits per heavy atom. The number of rotatable bonds is 5. The third-order valence-corrected chi connectivity index (χ3v) is 4.16. The number of fused-ring (bicyclic) bond motifs is 1. The molecule has 1 aromatic carbocycles. The number of amides is 1. The number of carboxylic acid groups (broad SMARTS) is 1. The van der Waals surface area contributed by atoms with Crippen LogP contribution in [-0.2, 0) is 16.0 Å². The third-order valence-electron chi connectivity index (χ3n) is 3.49. The Bertz CT molecular complexity index is 516. The van der Waals surface area contributed by atoms with Crippen LogP contribution in [0.2, 0.25) is 0 Å². The molecule has 1 N–H and O–H groups in total. The predicted molar refractivity (Wildman–Crippen MR) is 85.9 cm³/mol. The van der Waals surface area contributed by atoms with Crippen molar-refractivity contribution in [1.29, 1.82) is 0 Å². The van der Waals surface area contributed by atoms with Crippen LogP contribution in [0.4, 0.5) is 5.69 Å². The lowest BCUT2D eigenvalue weighted by Gasteiger charge is -2.23. The number of carbonyl (C=O) groups is 2. The number of anilines is 1. The summed E-state index contributed by atoms with van der Waals surface area (Å²) in [5.41, 5.74) is 2.23. The quantitative estimate of drug-likeness (QED) is 0.624. The molecular weight excluding hydrogens is 369 g/mol. The molecule has 20 heavy (non-hydrogen) atoms. The Labute approximate surface area is 132 Å². The van der Waals surface area contributed by atoms with Gasteiger partial charge in [0.05, 0.1) is 0 Å². The maximum atomic E-state index is 12.2. The topological polar surface area (TPSA) is 57.6 Å². The van der Waals surface area contributed by atoms with Gasteiger partial charge in [-0.05, 0) is 72.0 Å². The number of carbonyl (C=O) groups excluding carboxylic acids is 1. The van der Waals surface area contributed by atoms with Crippen molar-refractivity contribution in [3.05, 3.63) is 27.3 Å². The lowest BCUT2D eigenvalue weighted by Crippen LogP contribution is -2.31. The molecule has 1 aromatic rings. The van der Waals surface area contributed by atoms with E-state index in [4.69, 9.17) is 5.11 Å². The highest BCUT2D eigenvalue weighted by molar-refractivity contribution is 14.1. The largest absolute Gasteiger partial charge is 0.481 e. The molecule has 0 atom stereocenters. The van der Waals surface area contributed by atoms with Crippen LogP contribution in [0.15, 0.2) is 18.2 Å². The molecule has 1 aliphatic rings. The maximum Gasteiger partial charge on any atom is 0.303 e. The van der Waals surface area contributed by atoms with Crippen LogP contribution in [0.3, 0.4) is 0 Å². The number of hydrogen-bond donors (Lipinski definition) is 1. The van der Waals surface area contributed by atoms with E-state index < -0.39 is 5.97 Å². The summed E-state index contributed by atoms with van der Waals surface area (Å²) in [5, 5.41) is 8.65. The summed E-state index contributed by atoms with van der Waals surface area (Å²) in [6.07, 6.45) is 3.90. The molecule has 0 bridgehead atoms. The molecule has 1 amide bonds. The molecule has 0 saturated heterocycles. The van der Waals surface area contributed by atoms with Gasteiger partial charge in [0.1, 0.15) is 0 Å². The van der Waals surface area contributed by atoms with Crippen molar-refractivity contribution in [3.8, 4) is 0 Å². The highest BCUT2D eigenvalue weighted by Gasteiger charge is 2.21. The van der Waals surface area contributed by atoms with E-state index in [0.717, 1.165) is 24.9 Å². The van der Waals surface area contributed by atoms with E-state index >= 15 is 0 Å². The van der Waals surface area contributed by atoms with Crippen molar-refractivity contribution in [2.75, 3.05) is 11.4 Å². The Balaban J connectivity index is 2.09. The van der Waals surface area contributed by atoms with Crippen LogP contribution >= 0.6 is 22.6 Å². The highest BCUT2D eigenvalue weighted by atomic mass is 127. The molecule has 2 rings (SSSR count). The zero-order valence-corrected chi connectivity index (χ0v) is 13.4. The number of carboxylic acids is 1. The second kappa shape index (κ2) is 7.06. The summed E-state index contributed by atoms with van der Waals surface area (Å²) >= 11 is 2.28. The fraction of sp³-hybridized carbons (Fsp3) is 0.467. The fourth-order valence-electron chi connectivity index (χ4n) is 2.51. The lowest BCUT2D eigenvalue weighted by molar-refractivity contribution is -0.137. The molecule has 0 fully saturated rings. The summed E-state index contributed by atoms with van der Waals surface area (Å²) < 4.78 is 1.18. The van der Waals surface area contributed by atoms with E-state index in [0.29, 0.717) is 19.4 Å². The molecule has 0 radical (unpaired) electrons. The summed E-state index contributed by atoms with van der Waals surface area (Å²) in [6, 6.07) is 6.17. The minimum atomic E-state index is -0.776. The number of hydrogen-bond acceptors (Lipinski definition) is 2. The monoisotopic (exact) mass is 387 g/mol. The molecule has 1 heterocycles. The van der Waals surface area contributed by atoms with Crippen LogP contribution in [-0.4, -0.2) is 23.5 Å². The van der Waals surface area contributed by atoms with Gasteiger partial charge in [-0.1, -0.05) is 0 Å². The van der Waals surface area contributed by atoms with Gasteiger partial charge in [-0.3, -0.25) is 9.59 Å². The number of unbranched alkanes of at least 4 members (excludes halogenated alkanes) is 1. The molecule has 5 heteroatoms. The number of benzene rings is 1. The molecule has 0 aliphatic carbocycles. The fourth-order valence-corrected chi connectivity index (χ4v) is 3.06. The zero-order chi connectivity index (χ0) is 14.5. The number of halogens is 1. The van der Waals surface area contributed by atoms with Crippen molar-refractivity contribution < 1.29 is 14.7 Å². The van der Waals surface area contributed by atoms with Gasteiger partial charge in [-0.2, -0.15) is 0 Å². The first-order valence-electron chi connectivity index (χ1n) is 6.88. The van der Waals surface area contributed by atoms with E-state index in [2.05, 4.69) is 28.7 Å². The standard InChI is InChI=1S/C15H18INO3/c16-12-7-8-13-11(10-12)4-3-5-14(18)17(13)9-2-1-6-15(19)20/h7-8,10H,1-6,9H2,(H,19,20). The number of nitrogens with zero attached hydrogens (tertiary/aromatic N) is 1. The van der Waals surface area contributed by atoms with Crippen LogP contribution in [0.1, 0.15) is 37.7 Å². The van der Waals surface area contributed by atoms with Gasteiger partial charge in [0.15, 0.2) is 0 Å². The Morgan fingerprint density at radius 1 is 1.30 bits per heavy atom. The average Bonchev–Trinajstić information content (AvgIpc) is 2.53. The first-order valence-corrected chi connectivity index (χ1v) is 7.96. The van der Waals surface area contributed by atoms with Crippen molar-refractivity contribution >= 4 is 40.2 Å². The third kappa shape index (κ3) is 3.94. The molecule has 0 saturated carbocycles. The highest BCUT2D eigenvalue weighted by Crippen LogP contribution is 2.28. The van der Waals surface area contributed by atoms with Crippen molar-refractivity contribution in [2.45, 2.75) is 38.5 Å². The van der Waals surface area contributed by atoms with Gasteiger partial charge in [0.2, 0.25) is 5.91 Å². The van der Waals surface area contributed by atoms with Crippen LogP contribution in [0.25, 0.3) is 0 Å². The van der Waals surface area contributed by atoms with Crippen molar-refractivity contribution in [2.24, 2.45) is 0 Å². The molecule has 1 aliphatic heterocycles. The maximum absolute atomic E-state index is 12.2. The summed E-state index contributed by atoms with van der Waals surface area (Å²) in [6.45, 7) is 0.611. The predicted octanol–water partition coefficient (Wildman–Crippen LogP) is 3.22. The molecule has 0 unspecified atom stereocenters. The van der Waals surface area contributed by atoms with Crippen molar-refractivity contribution in [1.82, 2.24) is 0 Å². The SMILES string of the molecule is O=C(O)CCCCN1C(=O)CCCc2cc(I)ccc21. The van der Waals surface area contributed by atoms with E-state index in [1.54, 1.807) is 0 Å². The van der Waals surface area contributed by atoms with Crippen LogP contribution < -0.4 is 4.90 Å². The Kier molecular flexibility index (Phi) is 5.39. The summed E-state index contributed by atoms with van der Waals surface area (Å²) in [4.78, 5) is 24.6. The smallest absolute Gasteiger partial charge is 0.303 e. The second-order valence-electron chi connectivity index (χ2n) is 5.02. The first-order chi connectivity index (χ1) is 9.58. The zero-order valence-electron chi connectivity index (χ0n) is 11.3. The van der Waals surface area contributed by atoms with Crippen LogP contribution in [0, 0.1) is 3.57 Å². The normalized spacial score (nSPS) is 14.8. The van der Waals surface area contributed by atoms with Gasteiger partial charge < -0.3 is 10.0 Å². The van der Waals surface area contributed by atoms with Gasteiger partial charge >= 0.3 is 5.97 Å². The minimum absolute atomic E-state index is 0.153. The summed E-state index contributed by atoms with van der Waals surface area (Å²) in [5.74, 6) is -0.623. The Hall–Kier alpha value is -1.11. The van der Waals surface area contributed by atoms with Gasteiger partial charge in [0.25, 0.3) is 0 Å². The summed E-state index contributed by atoms with van der Waals surface area (Å²) in [7, 11) is 0.